The molecule has 0 saturated heterocycles. The molecular weight excluding hydrogens is 330 g/mol. The lowest BCUT2D eigenvalue weighted by Crippen LogP contribution is -2.32. The third-order valence-electron chi connectivity index (χ3n) is 3.48. The first-order chi connectivity index (χ1) is 11.5. The maximum atomic E-state index is 12.0. The summed E-state index contributed by atoms with van der Waals surface area (Å²) >= 11 is 6.35. The van der Waals surface area contributed by atoms with Crippen LogP contribution in [0.5, 0.6) is 6.01 Å². The smallest absolute Gasteiger partial charge is 0.324 e. The highest BCUT2D eigenvalue weighted by molar-refractivity contribution is 6.35. The standard InChI is InChI=1S/C16H14ClN5O2/c1-24-16-20-8-13(14(18)21-16)22(15(19)23)12-7-10-5-3-2-4-9(10)6-11(12)17/h2-8H,1H3,(H2,19,23)(H2,18,20,21). The fourth-order valence-corrected chi connectivity index (χ4v) is 2.64. The second-order valence-electron chi connectivity index (χ2n) is 4.95. The number of nitrogen functional groups attached to an aromatic ring is 1. The van der Waals surface area contributed by atoms with Crippen molar-refractivity contribution in [2.24, 2.45) is 5.73 Å². The van der Waals surface area contributed by atoms with Crippen molar-refractivity contribution in [3.63, 3.8) is 0 Å². The minimum atomic E-state index is -0.757. The SMILES string of the molecule is COc1ncc(N(C(N)=O)c2cc3ccccc3cc2Cl)c(N)n1. The summed E-state index contributed by atoms with van der Waals surface area (Å²) < 4.78 is 4.91. The van der Waals surface area contributed by atoms with Crippen molar-refractivity contribution in [2.75, 3.05) is 17.7 Å². The normalized spacial score (nSPS) is 10.6. The van der Waals surface area contributed by atoms with E-state index in [1.807, 2.05) is 24.3 Å². The molecule has 3 rings (SSSR count). The molecule has 0 radical (unpaired) electrons. The molecule has 0 aliphatic carbocycles. The highest BCUT2D eigenvalue weighted by Crippen LogP contribution is 2.37. The highest BCUT2D eigenvalue weighted by atomic mass is 35.5. The molecule has 2 aromatic carbocycles. The lowest BCUT2D eigenvalue weighted by atomic mass is 10.1. The van der Waals surface area contributed by atoms with E-state index in [1.165, 1.54) is 18.2 Å². The van der Waals surface area contributed by atoms with E-state index in [1.54, 1.807) is 12.1 Å². The van der Waals surface area contributed by atoms with Crippen LogP contribution in [0.2, 0.25) is 5.02 Å². The molecule has 0 fully saturated rings. The number of amides is 2. The zero-order chi connectivity index (χ0) is 17.3. The summed E-state index contributed by atoms with van der Waals surface area (Å²) in [7, 11) is 1.42. The van der Waals surface area contributed by atoms with Crippen LogP contribution in [0.4, 0.5) is 22.0 Å². The fraction of sp³-hybridized carbons (Fsp3) is 0.0625. The van der Waals surface area contributed by atoms with E-state index < -0.39 is 6.03 Å². The Hall–Kier alpha value is -3.06. The number of carbonyl (C=O) groups excluding carboxylic acids is 1. The minimum absolute atomic E-state index is 0.0462. The molecule has 2 amide bonds. The number of rotatable bonds is 3. The molecule has 0 saturated carbocycles. The Labute approximate surface area is 142 Å². The molecule has 3 aromatic rings. The van der Waals surface area contributed by atoms with Gasteiger partial charge in [-0.15, -0.1) is 0 Å². The highest BCUT2D eigenvalue weighted by Gasteiger charge is 2.22. The number of halogens is 1. The summed E-state index contributed by atoms with van der Waals surface area (Å²) in [5, 5.41) is 2.19. The summed E-state index contributed by atoms with van der Waals surface area (Å²) in [6.07, 6.45) is 1.36. The van der Waals surface area contributed by atoms with Crippen LogP contribution in [0, 0.1) is 0 Å². The molecule has 1 aromatic heterocycles. The first-order valence-corrected chi connectivity index (χ1v) is 7.33. The lowest BCUT2D eigenvalue weighted by Gasteiger charge is -2.23. The van der Waals surface area contributed by atoms with Crippen LogP contribution >= 0.6 is 11.6 Å². The number of benzene rings is 2. The second kappa shape index (κ2) is 6.21. The van der Waals surface area contributed by atoms with E-state index in [0.717, 1.165) is 10.8 Å². The van der Waals surface area contributed by atoms with Crippen LogP contribution in [0.15, 0.2) is 42.6 Å². The Morgan fingerprint density at radius 1 is 1.21 bits per heavy atom. The number of urea groups is 1. The van der Waals surface area contributed by atoms with Crippen LogP contribution in [-0.2, 0) is 0 Å². The molecule has 8 heteroatoms. The van der Waals surface area contributed by atoms with E-state index in [4.69, 9.17) is 27.8 Å². The van der Waals surface area contributed by atoms with Crippen molar-refractivity contribution in [1.82, 2.24) is 9.97 Å². The predicted octanol–water partition coefficient (Wildman–Crippen LogP) is 3.09. The molecule has 0 aliphatic rings. The van der Waals surface area contributed by atoms with Crippen molar-refractivity contribution in [1.29, 1.82) is 0 Å². The van der Waals surface area contributed by atoms with Gasteiger partial charge < -0.3 is 16.2 Å². The van der Waals surface area contributed by atoms with Gasteiger partial charge in [0, 0.05) is 0 Å². The summed E-state index contributed by atoms with van der Waals surface area (Å²) in [5.41, 5.74) is 12.1. The second-order valence-corrected chi connectivity index (χ2v) is 5.36. The topological polar surface area (TPSA) is 107 Å². The van der Waals surface area contributed by atoms with Gasteiger partial charge in [0.05, 0.1) is 24.0 Å². The molecule has 122 valence electrons. The molecule has 4 N–H and O–H groups in total. The largest absolute Gasteiger partial charge is 0.467 e. The number of primary amides is 1. The van der Waals surface area contributed by atoms with E-state index >= 15 is 0 Å². The molecule has 1 heterocycles. The van der Waals surface area contributed by atoms with Crippen LogP contribution in [0.3, 0.4) is 0 Å². The average molecular weight is 344 g/mol. The maximum absolute atomic E-state index is 12.0. The summed E-state index contributed by atoms with van der Waals surface area (Å²) in [5.74, 6) is 0.0462. The quantitative estimate of drug-likeness (QED) is 0.759. The van der Waals surface area contributed by atoms with Gasteiger partial charge in [-0.25, -0.2) is 9.78 Å². The third kappa shape index (κ3) is 2.77. The fourth-order valence-electron chi connectivity index (χ4n) is 2.38. The van der Waals surface area contributed by atoms with Crippen molar-refractivity contribution in [3.05, 3.63) is 47.6 Å². The van der Waals surface area contributed by atoms with E-state index in [9.17, 15) is 4.79 Å². The van der Waals surface area contributed by atoms with Gasteiger partial charge in [-0.3, -0.25) is 4.90 Å². The Bertz CT molecular complexity index is 931. The van der Waals surface area contributed by atoms with Crippen molar-refractivity contribution >= 4 is 45.6 Å². The maximum Gasteiger partial charge on any atom is 0.324 e. The van der Waals surface area contributed by atoms with Crippen molar-refractivity contribution < 1.29 is 9.53 Å². The number of carbonyl (C=O) groups is 1. The Kier molecular flexibility index (Phi) is 4.09. The zero-order valence-corrected chi connectivity index (χ0v) is 13.5. The predicted molar refractivity (Wildman–Crippen MR) is 93.7 cm³/mol. The lowest BCUT2D eigenvalue weighted by molar-refractivity contribution is 0.256. The minimum Gasteiger partial charge on any atom is -0.467 e. The van der Waals surface area contributed by atoms with Gasteiger partial charge in [0.1, 0.15) is 5.69 Å². The number of anilines is 3. The zero-order valence-electron chi connectivity index (χ0n) is 12.7. The summed E-state index contributed by atoms with van der Waals surface area (Å²) in [6, 6.07) is 10.5. The number of hydrogen-bond acceptors (Lipinski definition) is 5. The molecule has 0 spiro atoms. The van der Waals surface area contributed by atoms with Crippen LogP contribution < -0.4 is 21.1 Å². The summed E-state index contributed by atoms with van der Waals surface area (Å²) in [6.45, 7) is 0. The Morgan fingerprint density at radius 3 is 2.46 bits per heavy atom. The Morgan fingerprint density at radius 2 is 1.88 bits per heavy atom. The van der Waals surface area contributed by atoms with E-state index in [0.29, 0.717) is 10.7 Å². The number of nitrogens with zero attached hydrogens (tertiary/aromatic N) is 3. The Balaban J connectivity index is 2.19. The van der Waals surface area contributed by atoms with Crippen LogP contribution in [0.25, 0.3) is 10.8 Å². The molecule has 0 atom stereocenters. The number of ether oxygens (including phenoxy) is 1. The van der Waals surface area contributed by atoms with Crippen molar-refractivity contribution in [2.45, 2.75) is 0 Å². The molecule has 0 bridgehead atoms. The first kappa shape index (κ1) is 15.8. The number of nitrogens with two attached hydrogens (primary N) is 2. The van der Waals surface area contributed by atoms with Gasteiger partial charge in [0.2, 0.25) is 0 Å². The van der Waals surface area contributed by atoms with E-state index in [2.05, 4.69) is 9.97 Å². The molecular formula is C16H14ClN5O2. The molecule has 24 heavy (non-hydrogen) atoms. The van der Waals surface area contributed by atoms with E-state index in [-0.39, 0.29) is 17.5 Å². The monoisotopic (exact) mass is 343 g/mol. The van der Waals surface area contributed by atoms with Gasteiger partial charge in [0.15, 0.2) is 5.82 Å². The molecule has 0 aliphatic heterocycles. The molecule has 7 nitrogen and oxygen atoms in total. The van der Waals surface area contributed by atoms with Crippen molar-refractivity contribution in [3.8, 4) is 6.01 Å². The average Bonchev–Trinajstić information content (AvgIpc) is 2.56. The third-order valence-corrected chi connectivity index (χ3v) is 3.78. The number of aromatic nitrogens is 2. The van der Waals surface area contributed by atoms with Gasteiger partial charge in [0.25, 0.3) is 0 Å². The summed E-state index contributed by atoms with van der Waals surface area (Å²) in [4.78, 5) is 21.1. The van der Waals surface area contributed by atoms with Gasteiger partial charge in [-0.1, -0.05) is 35.9 Å². The van der Waals surface area contributed by atoms with Gasteiger partial charge >= 0.3 is 12.0 Å². The first-order valence-electron chi connectivity index (χ1n) is 6.95. The molecule has 0 unspecified atom stereocenters. The van der Waals surface area contributed by atoms with Gasteiger partial charge in [-0.05, 0) is 22.9 Å². The van der Waals surface area contributed by atoms with Gasteiger partial charge in [-0.2, -0.15) is 4.98 Å². The number of fused-ring (bicyclic) bond motifs is 1. The number of hydrogen-bond donors (Lipinski definition) is 2. The number of methoxy groups -OCH3 is 1. The van der Waals surface area contributed by atoms with Crippen LogP contribution in [-0.4, -0.2) is 23.1 Å². The van der Waals surface area contributed by atoms with Crippen LogP contribution in [0.1, 0.15) is 0 Å².